The molecule has 0 amide bonds. The zero-order valence-electron chi connectivity index (χ0n) is 26.4. The van der Waals surface area contributed by atoms with Crippen LogP contribution >= 0.6 is 0 Å². The average molecular weight is 539 g/mol. The van der Waals surface area contributed by atoms with Crippen LogP contribution in [0.5, 0.6) is 11.5 Å². The summed E-state index contributed by atoms with van der Waals surface area (Å²) in [6, 6.07) is 7.40. The summed E-state index contributed by atoms with van der Waals surface area (Å²) < 4.78 is 0. The number of carboxylic acids is 1. The van der Waals surface area contributed by atoms with Gasteiger partial charge in [0.05, 0.1) is 0 Å². The van der Waals surface area contributed by atoms with E-state index in [1.54, 1.807) is 0 Å². The van der Waals surface area contributed by atoms with Gasteiger partial charge in [0.2, 0.25) is 0 Å². The van der Waals surface area contributed by atoms with E-state index in [0.717, 1.165) is 22.3 Å². The molecule has 216 valence electrons. The van der Waals surface area contributed by atoms with Gasteiger partial charge >= 0.3 is 5.97 Å². The molecule has 2 aromatic rings. The van der Waals surface area contributed by atoms with Crippen LogP contribution in [0.1, 0.15) is 123 Å². The fourth-order valence-corrected chi connectivity index (χ4v) is 5.19. The first-order valence-electron chi connectivity index (χ1n) is 13.8. The number of carbonyl (C=O) groups is 2. The van der Waals surface area contributed by atoms with Crippen LogP contribution in [0.3, 0.4) is 0 Å². The Balaban J connectivity index is 2.85. The highest BCUT2D eigenvalue weighted by molar-refractivity contribution is 6.02. The Hall–Kier alpha value is -2.82. The van der Waals surface area contributed by atoms with Crippen molar-refractivity contribution in [2.24, 2.45) is 5.41 Å². The SMILES string of the molecule is CC(=O)C(Cc1cc(C(C)(C)C)c(O)c(C(C)(C)C)c1)(Cc1cc(C(C)(C)C)c(O)c(C(C)(C)C)c1)C(=O)O. The summed E-state index contributed by atoms with van der Waals surface area (Å²) in [5, 5.41) is 33.0. The standard InChI is InChI=1S/C34H50O5/c1-20(35)34(29(38)39,18-21-14-23(30(2,3)4)27(36)24(15-21)31(5,6)7)19-22-16-25(32(8,9)10)28(37)26(17-22)33(11,12)13/h14-17,36-37H,18-19H2,1-13H3,(H,38,39). The third-order valence-corrected chi connectivity index (χ3v) is 7.67. The molecule has 3 N–H and O–H groups in total. The largest absolute Gasteiger partial charge is 0.507 e. The van der Waals surface area contributed by atoms with Gasteiger partial charge in [-0.05, 0) is 74.8 Å². The average Bonchev–Trinajstić information content (AvgIpc) is 2.71. The van der Waals surface area contributed by atoms with Crippen molar-refractivity contribution in [3.05, 3.63) is 57.6 Å². The molecule has 0 aliphatic rings. The van der Waals surface area contributed by atoms with Gasteiger partial charge < -0.3 is 15.3 Å². The number of carboxylic acid groups (broad SMARTS) is 1. The molecule has 5 nitrogen and oxygen atoms in total. The summed E-state index contributed by atoms with van der Waals surface area (Å²) >= 11 is 0. The van der Waals surface area contributed by atoms with E-state index in [1.807, 2.05) is 107 Å². The van der Waals surface area contributed by atoms with Gasteiger partial charge in [-0.3, -0.25) is 9.59 Å². The predicted molar refractivity (Wildman–Crippen MR) is 159 cm³/mol. The lowest BCUT2D eigenvalue weighted by molar-refractivity contribution is -0.154. The summed E-state index contributed by atoms with van der Waals surface area (Å²) in [5.74, 6) is -1.18. The molecule has 0 bridgehead atoms. The quantitative estimate of drug-likeness (QED) is 0.327. The first-order valence-corrected chi connectivity index (χ1v) is 13.8. The van der Waals surface area contributed by atoms with Crippen molar-refractivity contribution < 1.29 is 24.9 Å². The van der Waals surface area contributed by atoms with Gasteiger partial charge in [-0.15, -0.1) is 0 Å². The molecule has 0 aliphatic heterocycles. The molecule has 0 unspecified atom stereocenters. The normalized spacial score (nSPS) is 13.5. The molecule has 0 heterocycles. The van der Waals surface area contributed by atoms with Crippen molar-refractivity contribution in [3.63, 3.8) is 0 Å². The fourth-order valence-electron chi connectivity index (χ4n) is 5.19. The zero-order chi connectivity index (χ0) is 30.5. The van der Waals surface area contributed by atoms with E-state index in [4.69, 9.17) is 0 Å². The third kappa shape index (κ3) is 6.85. The topological polar surface area (TPSA) is 94.8 Å². The van der Waals surface area contributed by atoms with Gasteiger partial charge in [-0.25, -0.2) is 0 Å². The van der Waals surface area contributed by atoms with Crippen molar-refractivity contribution in [1.29, 1.82) is 0 Å². The summed E-state index contributed by atoms with van der Waals surface area (Å²) in [6.07, 6.45) is -0.0264. The van der Waals surface area contributed by atoms with Crippen molar-refractivity contribution in [3.8, 4) is 11.5 Å². The molecule has 0 saturated heterocycles. The molecule has 5 heteroatoms. The Bertz CT molecular complexity index is 1080. The predicted octanol–water partition coefficient (Wildman–Crippen LogP) is 7.73. The molecule has 39 heavy (non-hydrogen) atoms. The second kappa shape index (κ2) is 10.3. The van der Waals surface area contributed by atoms with Crippen LogP contribution < -0.4 is 0 Å². The molecule has 0 spiro atoms. The number of Topliss-reactive ketones (excluding diaryl/α,β-unsaturated/α-hetero) is 1. The lowest BCUT2D eigenvalue weighted by Gasteiger charge is -2.32. The molecule has 0 saturated carbocycles. The van der Waals surface area contributed by atoms with E-state index in [2.05, 4.69) is 0 Å². The number of phenols is 2. The molecule has 0 atom stereocenters. The number of carbonyl (C=O) groups excluding carboxylic acids is 1. The van der Waals surface area contributed by atoms with E-state index in [-0.39, 0.29) is 46.0 Å². The third-order valence-electron chi connectivity index (χ3n) is 7.67. The second-order valence-electron chi connectivity index (χ2n) is 15.4. The first-order chi connectivity index (χ1) is 17.3. The van der Waals surface area contributed by atoms with E-state index in [9.17, 15) is 24.9 Å². The van der Waals surface area contributed by atoms with Gasteiger partial charge in [0.1, 0.15) is 22.7 Å². The molecule has 2 rings (SSSR count). The van der Waals surface area contributed by atoms with Crippen LogP contribution in [-0.2, 0) is 44.1 Å². The number of phenolic OH excluding ortho intramolecular Hbond substituents is 2. The van der Waals surface area contributed by atoms with Gasteiger partial charge in [-0.1, -0.05) is 107 Å². The van der Waals surface area contributed by atoms with Gasteiger partial charge in [-0.2, -0.15) is 0 Å². The van der Waals surface area contributed by atoms with E-state index in [1.165, 1.54) is 6.92 Å². The minimum Gasteiger partial charge on any atom is -0.507 e. The highest BCUT2D eigenvalue weighted by atomic mass is 16.4. The molecule has 0 aromatic heterocycles. The van der Waals surface area contributed by atoms with Crippen LogP contribution in [0.4, 0.5) is 0 Å². The fraction of sp³-hybridized carbons (Fsp3) is 0.588. The summed E-state index contributed by atoms with van der Waals surface area (Å²) in [7, 11) is 0. The highest BCUT2D eigenvalue weighted by Crippen LogP contribution is 2.44. The van der Waals surface area contributed by atoms with Crippen molar-refractivity contribution in [2.75, 3.05) is 0 Å². The van der Waals surface area contributed by atoms with Gasteiger partial charge in [0.25, 0.3) is 0 Å². The van der Waals surface area contributed by atoms with Crippen molar-refractivity contribution in [1.82, 2.24) is 0 Å². The lowest BCUT2D eigenvalue weighted by Crippen LogP contribution is -2.42. The minimum absolute atomic E-state index is 0.0132. The molecule has 0 aliphatic carbocycles. The Morgan fingerprint density at radius 3 is 0.949 bits per heavy atom. The summed E-state index contributed by atoms with van der Waals surface area (Å²) in [6.45, 7) is 25.4. The smallest absolute Gasteiger partial charge is 0.317 e. The molecule has 0 radical (unpaired) electrons. The molecular weight excluding hydrogens is 488 g/mol. The van der Waals surface area contributed by atoms with Crippen LogP contribution in [0, 0.1) is 5.41 Å². The van der Waals surface area contributed by atoms with Crippen LogP contribution in [0.2, 0.25) is 0 Å². The van der Waals surface area contributed by atoms with E-state index < -0.39 is 17.2 Å². The Kier molecular flexibility index (Phi) is 8.55. The van der Waals surface area contributed by atoms with Gasteiger partial charge in [0, 0.05) is 0 Å². The number of ketones is 1. The van der Waals surface area contributed by atoms with E-state index >= 15 is 0 Å². The number of benzene rings is 2. The Morgan fingerprint density at radius 2 is 0.795 bits per heavy atom. The first kappa shape index (κ1) is 32.4. The van der Waals surface area contributed by atoms with Crippen molar-refractivity contribution in [2.45, 2.75) is 125 Å². The Labute approximate surface area is 235 Å². The zero-order valence-corrected chi connectivity index (χ0v) is 26.4. The van der Waals surface area contributed by atoms with Crippen LogP contribution in [-0.4, -0.2) is 27.1 Å². The molecule has 0 fully saturated rings. The minimum atomic E-state index is -1.72. The van der Waals surface area contributed by atoms with Crippen LogP contribution in [0.25, 0.3) is 0 Å². The number of hydrogen-bond donors (Lipinski definition) is 3. The monoisotopic (exact) mass is 538 g/mol. The number of aliphatic carboxylic acids is 1. The maximum atomic E-state index is 13.3. The lowest BCUT2D eigenvalue weighted by atomic mass is 9.70. The Morgan fingerprint density at radius 1 is 0.564 bits per heavy atom. The summed E-state index contributed by atoms with van der Waals surface area (Å²) in [4.78, 5) is 26.3. The van der Waals surface area contributed by atoms with Gasteiger partial charge in [0.15, 0.2) is 0 Å². The number of hydrogen-bond acceptors (Lipinski definition) is 4. The van der Waals surface area contributed by atoms with E-state index in [0.29, 0.717) is 11.1 Å². The highest BCUT2D eigenvalue weighted by Gasteiger charge is 2.45. The van der Waals surface area contributed by atoms with Crippen molar-refractivity contribution >= 4 is 11.8 Å². The molecular formula is C34H50O5. The van der Waals surface area contributed by atoms with Crippen LogP contribution in [0.15, 0.2) is 24.3 Å². The number of aromatic hydroxyl groups is 2. The second-order valence-corrected chi connectivity index (χ2v) is 15.4. The maximum Gasteiger partial charge on any atom is 0.317 e. The molecule has 2 aromatic carbocycles. The maximum absolute atomic E-state index is 13.3. The number of rotatable bonds is 6. The summed E-state index contributed by atoms with van der Waals surface area (Å²) in [5.41, 5.74) is 1.03.